The van der Waals surface area contributed by atoms with Gasteiger partial charge in [0, 0.05) is 12.1 Å². The largest absolute Gasteiger partial charge is 0.350 e. The number of rotatable bonds is 5. The summed E-state index contributed by atoms with van der Waals surface area (Å²) in [6.07, 6.45) is 0.442. The Kier molecular flexibility index (Phi) is 4.91. The molecule has 1 amide bonds. The third-order valence-corrected chi connectivity index (χ3v) is 2.67. The van der Waals surface area contributed by atoms with E-state index in [1.807, 2.05) is 59.1 Å². The van der Waals surface area contributed by atoms with Crippen molar-refractivity contribution in [3.8, 4) is 0 Å². The van der Waals surface area contributed by atoms with Gasteiger partial charge in [0.05, 0.1) is 6.42 Å². The monoisotopic (exact) mass is 248 g/mol. The first-order valence-electron chi connectivity index (χ1n) is 6.30. The molecule has 0 saturated heterocycles. The molecule has 0 atom stereocenters. The van der Waals surface area contributed by atoms with Crippen LogP contribution in [0, 0.1) is 6.92 Å². The highest BCUT2D eigenvalue weighted by Gasteiger charge is 2.20. The van der Waals surface area contributed by atoms with E-state index in [9.17, 15) is 4.79 Å². The fourth-order valence-corrected chi connectivity index (χ4v) is 2.14. The second kappa shape index (κ2) is 6.01. The topological polar surface area (TPSA) is 32.3 Å². The van der Waals surface area contributed by atoms with Crippen LogP contribution in [0.2, 0.25) is 0 Å². The number of hydrogen-bond donors (Lipinski definition) is 1. The van der Waals surface area contributed by atoms with E-state index >= 15 is 0 Å². The van der Waals surface area contributed by atoms with E-state index < -0.39 is 0 Å². The lowest BCUT2D eigenvalue weighted by Gasteiger charge is -2.29. The Morgan fingerprint density at radius 3 is 2.28 bits per heavy atom. The molecule has 0 fully saturated rings. The Morgan fingerprint density at radius 2 is 1.78 bits per heavy atom. The second-order valence-electron chi connectivity index (χ2n) is 5.83. The first-order chi connectivity index (χ1) is 8.28. The number of amides is 1. The van der Waals surface area contributed by atoms with Crippen LogP contribution < -0.4 is 5.32 Å². The lowest BCUT2D eigenvalue weighted by Crippen LogP contribution is -2.50. The molecule has 0 aliphatic heterocycles. The summed E-state index contributed by atoms with van der Waals surface area (Å²) < 4.78 is 0. The van der Waals surface area contributed by atoms with E-state index in [0.717, 1.165) is 12.1 Å². The van der Waals surface area contributed by atoms with Gasteiger partial charge in [-0.1, -0.05) is 29.8 Å². The third-order valence-electron chi connectivity index (χ3n) is 2.67. The molecule has 0 radical (unpaired) electrons. The van der Waals surface area contributed by atoms with Crippen LogP contribution in [0.5, 0.6) is 0 Å². The van der Waals surface area contributed by atoms with Crippen molar-refractivity contribution in [2.24, 2.45) is 0 Å². The Balaban J connectivity index is 2.53. The number of aryl methyl sites for hydroxylation is 1. The third kappa shape index (κ3) is 5.32. The fourth-order valence-electron chi connectivity index (χ4n) is 2.14. The standard InChI is InChI=1S/C15H24N2O/c1-12-6-8-13(9-7-12)10-14(18)16-15(2,3)11-17(4)5/h6-9H,10-11H2,1-5H3,(H,16,18). The van der Waals surface area contributed by atoms with Gasteiger partial charge >= 0.3 is 0 Å². The molecule has 1 rings (SSSR count). The van der Waals surface area contributed by atoms with Crippen molar-refractivity contribution >= 4 is 5.91 Å². The van der Waals surface area contributed by atoms with E-state index in [-0.39, 0.29) is 11.4 Å². The smallest absolute Gasteiger partial charge is 0.224 e. The molecule has 1 aromatic carbocycles. The van der Waals surface area contributed by atoms with Gasteiger partial charge in [0.1, 0.15) is 0 Å². The van der Waals surface area contributed by atoms with Gasteiger partial charge in [-0.25, -0.2) is 0 Å². The van der Waals surface area contributed by atoms with E-state index in [1.165, 1.54) is 5.56 Å². The van der Waals surface area contributed by atoms with Crippen molar-refractivity contribution in [3.05, 3.63) is 35.4 Å². The van der Waals surface area contributed by atoms with Crippen LogP contribution in [0.4, 0.5) is 0 Å². The van der Waals surface area contributed by atoms with Crippen LogP contribution >= 0.6 is 0 Å². The van der Waals surface area contributed by atoms with Crippen LogP contribution in [-0.4, -0.2) is 37.0 Å². The summed E-state index contributed by atoms with van der Waals surface area (Å²) in [7, 11) is 4.02. The molecule has 0 aliphatic rings. The van der Waals surface area contributed by atoms with Crippen molar-refractivity contribution in [3.63, 3.8) is 0 Å². The normalized spacial score (nSPS) is 11.7. The lowest BCUT2D eigenvalue weighted by molar-refractivity contribution is -0.122. The molecule has 0 saturated carbocycles. The second-order valence-corrected chi connectivity index (χ2v) is 5.83. The first kappa shape index (κ1) is 14.7. The van der Waals surface area contributed by atoms with Crippen molar-refractivity contribution < 1.29 is 4.79 Å². The van der Waals surface area contributed by atoms with E-state index in [0.29, 0.717) is 6.42 Å². The van der Waals surface area contributed by atoms with E-state index in [4.69, 9.17) is 0 Å². The van der Waals surface area contributed by atoms with Gasteiger partial charge in [-0.05, 0) is 40.4 Å². The summed E-state index contributed by atoms with van der Waals surface area (Å²) in [5.74, 6) is 0.0747. The molecule has 0 aromatic heterocycles. The zero-order chi connectivity index (χ0) is 13.8. The number of likely N-dealkylation sites (N-methyl/N-ethyl adjacent to an activating group) is 1. The molecule has 1 aromatic rings. The molecular formula is C15H24N2O. The SMILES string of the molecule is Cc1ccc(CC(=O)NC(C)(C)CN(C)C)cc1. The van der Waals surface area contributed by atoms with Gasteiger partial charge in [0.25, 0.3) is 0 Å². The van der Waals surface area contributed by atoms with Gasteiger partial charge in [0.15, 0.2) is 0 Å². The summed E-state index contributed by atoms with van der Waals surface area (Å²) in [5, 5.41) is 3.07. The minimum atomic E-state index is -0.203. The van der Waals surface area contributed by atoms with E-state index in [1.54, 1.807) is 0 Å². The summed E-state index contributed by atoms with van der Waals surface area (Å²) >= 11 is 0. The molecule has 0 aliphatic carbocycles. The van der Waals surface area contributed by atoms with Gasteiger partial charge in [0.2, 0.25) is 5.91 Å². The van der Waals surface area contributed by atoms with Crippen molar-refractivity contribution in [2.45, 2.75) is 32.7 Å². The summed E-state index contributed by atoms with van der Waals surface area (Å²) in [6.45, 7) is 6.96. The summed E-state index contributed by atoms with van der Waals surface area (Å²) in [5.41, 5.74) is 2.07. The highest BCUT2D eigenvalue weighted by Crippen LogP contribution is 2.07. The maximum atomic E-state index is 12.0. The Labute approximate surface area is 110 Å². The number of carbonyl (C=O) groups excluding carboxylic acids is 1. The molecule has 0 bridgehead atoms. The predicted octanol–water partition coefficient (Wildman–Crippen LogP) is 1.99. The minimum absolute atomic E-state index is 0.0747. The van der Waals surface area contributed by atoms with E-state index in [2.05, 4.69) is 10.2 Å². The summed E-state index contributed by atoms with van der Waals surface area (Å²) in [4.78, 5) is 14.0. The Morgan fingerprint density at radius 1 is 1.22 bits per heavy atom. The Bertz CT molecular complexity index is 393. The zero-order valence-electron chi connectivity index (χ0n) is 12.1. The molecule has 3 nitrogen and oxygen atoms in total. The predicted molar refractivity (Wildman–Crippen MR) is 75.7 cm³/mol. The highest BCUT2D eigenvalue weighted by atomic mass is 16.1. The number of benzene rings is 1. The molecule has 1 N–H and O–H groups in total. The van der Waals surface area contributed by atoms with Crippen LogP contribution in [0.25, 0.3) is 0 Å². The average molecular weight is 248 g/mol. The Hall–Kier alpha value is -1.35. The quantitative estimate of drug-likeness (QED) is 0.864. The minimum Gasteiger partial charge on any atom is -0.350 e. The highest BCUT2D eigenvalue weighted by molar-refractivity contribution is 5.79. The van der Waals surface area contributed by atoms with Gasteiger partial charge < -0.3 is 10.2 Å². The first-order valence-corrected chi connectivity index (χ1v) is 6.30. The summed E-state index contributed by atoms with van der Waals surface area (Å²) in [6, 6.07) is 8.09. The average Bonchev–Trinajstić information content (AvgIpc) is 2.18. The molecular weight excluding hydrogens is 224 g/mol. The number of nitrogens with one attached hydrogen (secondary N) is 1. The maximum Gasteiger partial charge on any atom is 0.224 e. The fraction of sp³-hybridized carbons (Fsp3) is 0.533. The number of hydrogen-bond acceptors (Lipinski definition) is 2. The lowest BCUT2D eigenvalue weighted by atomic mass is 10.0. The molecule has 3 heteroatoms. The van der Waals surface area contributed by atoms with Gasteiger partial charge in [-0.3, -0.25) is 4.79 Å². The van der Waals surface area contributed by atoms with Crippen molar-refractivity contribution in [2.75, 3.05) is 20.6 Å². The van der Waals surface area contributed by atoms with Crippen LogP contribution in [-0.2, 0) is 11.2 Å². The molecule has 18 heavy (non-hydrogen) atoms. The molecule has 0 unspecified atom stereocenters. The number of nitrogens with zero attached hydrogens (tertiary/aromatic N) is 1. The van der Waals surface area contributed by atoms with Crippen LogP contribution in [0.15, 0.2) is 24.3 Å². The molecule has 0 heterocycles. The molecule has 100 valence electrons. The maximum absolute atomic E-state index is 12.0. The number of carbonyl (C=O) groups is 1. The molecule has 0 spiro atoms. The van der Waals surface area contributed by atoms with Crippen LogP contribution in [0.1, 0.15) is 25.0 Å². The van der Waals surface area contributed by atoms with Crippen LogP contribution in [0.3, 0.4) is 0 Å². The van der Waals surface area contributed by atoms with Gasteiger partial charge in [-0.2, -0.15) is 0 Å². The van der Waals surface area contributed by atoms with Crippen molar-refractivity contribution in [1.82, 2.24) is 10.2 Å². The van der Waals surface area contributed by atoms with Gasteiger partial charge in [-0.15, -0.1) is 0 Å². The van der Waals surface area contributed by atoms with Crippen molar-refractivity contribution in [1.29, 1.82) is 0 Å². The zero-order valence-corrected chi connectivity index (χ0v) is 12.1.